The number of anilines is 1. The second kappa shape index (κ2) is 16.8. The van der Waals surface area contributed by atoms with E-state index in [-0.39, 0.29) is 13.0 Å². The third-order valence-corrected chi connectivity index (χ3v) is 5.45. The molecular weight excluding hydrogens is 510 g/mol. The quantitative estimate of drug-likeness (QED) is 0.151. The number of aromatic nitrogens is 2. The molecule has 0 aliphatic carbocycles. The maximum Gasteiger partial charge on any atom is 0.438 e. The summed E-state index contributed by atoms with van der Waals surface area (Å²) in [7, 11) is 2.68. The van der Waals surface area contributed by atoms with Crippen molar-refractivity contribution >= 4 is 29.4 Å². The van der Waals surface area contributed by atoms with E-state index in [1.807, 2.05) is 30.3 Å². The predicted octanol–water partition coefficient (Wildman–Crippen LogP) is 6.84. The molecule has 3 rings (SSSR count). The second-order valence-electron chi connectivity index (χ2n) is 8.00. The molecular formula is C28H34ClN3O6. The number of para-hydroxylation sites is 1. The number of benzene rings is 2. The minimum absolute atomic E-state index is 0.159. The van der Waals surface area contributed by atoms with Crippen LogP contribution < -0.4 is 9.80 Å². The zero-order chi connectivity index (χ0) is 27.8. The largest absolute Gasteiger partial charge is 0.481 e. The molecule has 3 aromatic rings. The van der Waals surface area contributed by atoms with Gasteiger partial charge in [0.05, 0.1) is 32.0 Å². The van der Waals surface area contributed by atoms with Gasteiger partial charge < -0.3 is 14.6 Å². The molecule has 2 aromatic carbocycles. The van der Waals surface area contributed by atoms with E-state index >= 15 is 0 Å². The molecule has 0 aliphatic heterocycles. The van der Waals surface area contributed by atoms with Crippen molar-refractivity contribution in [3.63, 3.8) is 0 Å². The molecule has 0 spiro atoms. The Morgan fingerprint density at radius 3 is 2.45 bits per heavy atom. The number of hydrogen-bond donors (Lipinski definition) is 1. The number of hydroxylamine groups is 1. The first-order valence-corrected chi connectivity index (χ1v) is 12.6. The third kappa shape index (κ3) is 10.3. The Balaban J connectivity index is 0.000000391. The Morgan fingerprint density at radius 1 is 1.05 bits per heavy atom. The van der Waals surface area contributed by atoms with Crippen molar-refractivity contribution in [3.05, 3.63) is 83.5 Å². The van der Waals surface area contributed by atoms with Crippen molar-refractivity contribution in [1.29, 1.82) is 0 Å². The third-order valence-electron chi connectivity index (χ3n) is 5.20. The summed E-state index contributed by atoms with van der Waals surface area (Å²) in [5.41, 5.74) is 2.14. The highest BCUT2D eigenvalue weighted by Gasteiger charge is 2.19. The van der Waals surface area contributed by atoms with Crippen molar-refractivity contribution in [1.82, 2.24) is 9.78 Å². The number of carboxylic acids is 1. The molecule has 1 aromatic heterocycles. The monoisotopic (exact) mass is 543 g/mol. The highest BCUT2D eigenvalue weighted by molar-refractivity contribution is 6.30. The summed E-state index contributed by atoms with van der Waals surface area (Å²) in [6.45, 7) is 2.35. The van der Waals surface area contributed by atoms with Gasteiger partial charge in [-0.1, -0.05) is 61.7 Å². The van der Waals surface area contributed by atoms with Gasteiger partial charge in [-0.25, -0.2) is 9.48 Å². The zero-order valence-corrected chi connectivity index (χ0v) is 22.6. The standard InChI is InChI=1S/C19H18ClN3O4.C9H16O2/c1-25-19(24)23(26-2)17-6-4-3-5-14(17)13-27-18-11-12-22(21-18)16-9-7-15(20)8-10-16;1-2-3-4-5-6-7-8-9(10)11/h3-12H,13H2,1-2H3;6-7H,2-5,8H2,1H3,(H,10,11)/b;7-6+. The van der Waals surface area contributed by atoms with E-state index in [2.05, 4.69) is 12.0 Å². The van der Waals surface area contributed by atoms with Crippen LogP contribution in [0.25, 0.3) is 5.69 Å². The lowest BCUT2D eigenvalue weighted by Crippen LogP contribution is -2.30. The molecule has 0 bridgehead atoms. The van der Waals surface area contributed by atoms with Crippen molar-refractivity contribution in [2.24, 2.45) is 0 Å². The Morgan fingerprint density at radius 2 is 1.79 bits per heavy atom. The van der Waals surface area contributed by atoms with Gasteiger partial charge in [0, 0.05) is 22.8 Å². The van der Waals surface area contributed by atoms with Crippen LogP contribution in [0.5, 0.6) is 5.88 Å². The summed E-state index contributed by atoms with van der Waals surface area (Å²) in [6, 6.07) is 16.3. The molecule has 0 saturated carbocycles. The lowest BCUT2D eigenvalue weighted by atomic mass is 10.2. The predicted molar refractivity (Wildman–Crippen MR) is 147 cm³/mol. The van der Waals surface area contributed by atoms with E-state index in [0.717, 1.165) is 22.7 Å². The molecule has 0 fully saturated rings. The van der Waals surface area contributed by atoms with E-state index in [1.165, 1.54) is 33.5 Å². The first-order valence-electron chi connectivity index (χ1n) is 12.2. The fourth-order valence-corrected chi connectivity index (χ4v) is 3.40. The molecule has 0 saturated heterocycles. The topological polar surface area (TPSA) is 103 Å². The Hall–Kier alpha value is -3.82. The fraction of sp³-hybridized carbons (Fsp3) is 0.321. The van der Waals surface area contributed by atoms with Crippen molar-refractivity contribution < 1.29 is 29.0 Å². The highest BCUT2D eigenvalue weighted by atomic mass is 35.5. The number of carboxylic acid groups (broad SMARTS) is 1. The normalized spacial score (nSPS) is 10.5. The van der Waals surface area contributed by atoms with Crippen molar-refractivity contribution in [2.75, 3.05) is 19.3 Å². The van der Waals surface area contributed by atoms with Crippen LogP contribution in [-0.2, 0) is 21.0 Å². The van der Waals surface area contributed by atoms with Crippen LogP contribution in [0.4, 0.5) is 10.5 Å². The zero-order valence-electron chi connectivity index (χ0n) is 21.9. The van der Waals surface area contributed by atoms with E-state index in [4.69, 9.17) is 31.0 Å². The number of amides is 1. The van der Waals surface area contributed by atoms with E-state index in [1.54, 1.807) is 47.3 Å². The van der Waals surface area contributed by atoms with Gasteiger partial charge in [0.15, 0.2) is 0 Å². The Kier molecular flexibility index (Phi) is 13.5. The number of carbonyl (C=O) groups is 2. The molecule has 38 heavy (non-hydrogen) atoms. The van der Waals surface area contributed by atoms with Crippen LogP contribution in [0.2, 0.25) is 5.02 Å². The van der Waals surface area contributed by atoms with Gasteiger partial charge in [0.25, 0.3) is 0 Å². The van der Waals surface area contributed by atoms with Crippen LogP contribution in [0.3, 0.4) is 0 Å². The van der Waals surface area contributed by atoms with E-state index in [0.29, 0.717) is 16.6 Å². The fourth-order valence-electron chi connectivity index (χ4n) is 3.27. The number of unbranched alkanes of at least 4 members (excludes halogenated alkanes) is 3. The average molecular weight is 544 g/mol. The molecule has 0 radical (unpaired) electrons. The second-order valence-corrected chi connectivity index (χ2v) is 8.44. The number of nitrogens with zero attached hydrogens (tertiary/aromatic N) is 3. The SMILES string of the molecule is CCCCC/C=C/CC(=O)O.COC(=O)N(OC)c1ccccc1COc1ccn(-c2ccc(Cl)cc2)n1. The van der Waals surface area contributed by atoms with Crippen molar-refractivity contribution in [2.45, 2.75) is 45.6 Å². The lowest BCUT2D eigenvalue weighted by molar-refractivity contribution is -0.136. The molecule has 1 N–H and O–H groups in total. The van der Waals surface area contributed by atoms with Gasteiger partial charge in [0.1, 0.15) is 6.61 Å². The van der Waals surface area contributed by atoms with Crippen LogP contribution in [-0.4, -0.2) is 41.2 Å². The van der Waals surface area contributed by atoms with E-state index < -0.39 is 12.1 Å². The summed E-state index contributed by atoms with van der Waals surface area (Å²) < 4.78 is 12.2. The number of methoxy groups -OCH3 is 1. The minimum Gasteiger partial charge on any atom is -0.481 e. The van der Waals surface area contributed by atoms with Gasteiger partial charge in [-0.15, -0.1) is 5.10 Å². The molecule has 10 heteroatoms. The molecule has 0 unspecified atom stereocenters. The van der Waals surface area contributed by atoms with Crippen LogP contribution in [0.15, 0.2) is 72.9 Å². The first kappa shape index (κ1) is 30.4. The van der Waals surface area contributed by atoms with Crippen molar-refractivity contribution in [3.8, 4) is 11.6 Å². The summed E-state index contributed by atoms with van der Waals surface area (Å²) in [5, 5.41) is 14.4. The van der Waals surface area contributed by atoms with Crippen LogP contribution >= 0.6 is 11.6 Å². The number of aliphatic carboxylic acids is 1. The maximum absolute atomic E-state index is 11.9. The Labute approximate surface area is 228 Å². The summed E-state index contributed by atoms with van der Waals surface area (Å²) in [4.78, 5) is 27.0. The summed E-state index contributed by atoms with van der Waals surface area (Å²) in [5.74, 6) is -0.307. The van der Waals surface area contributed by atoms with Gasteiger partial charge in [-0.05, 0) is 43.2 Å². The maximum atomic E-state index is 11.9. The van der Waals surface area contributed by atoms with Gasteiger partial charge >= 0.3 is 12.1 Å². The molecule has 0 atom stereocenters. The number of halogens is 1. The molecule has 0 aliphatic rings. The summed E-state index contributed by atoms with van der Waals surface area (Å²) >= 11 is 5.91. The Bertz CT molecular complexity index is 1160. The molecule has 9 nitrogen and oxygen atoms in total. The van der Waals surface area contributed by atoms with Crippen LogP contribution in [0, 0.1) is 0 Å². The number of allylic oxidation sites excluding steroid dienone is 1. The van der Waals surface area contributed by atoms with Gasteiger partial charge in [-0.3, -0.25) is 9.63 Å². The average Bonchev–Trinajstić information content (AvgIpc) is 3.40. The van der Waals surface area contributed by atoms with Gasteiger partial charge in [-0.2, -0.15) is 5.06 Å². The highest BCUT2D eigenvalue weighted by Crippen LogP contribution is 2.23. The smallest absolute Gasteiger partial charge is 0.438 e. The van der Waals surface area contributed by atoms with Gasteiger partial charge in [0.2, 0.25) is 5.88 Å². The molecule has 204 valence electrons. The lowest BCUT2D eigenvalue weighted by Gasteiger charge is -2.20. The number of ether oxygens (including phenoxy) is 2. The first-order chi connectivity index (χ1) is 18.4. The minimum atomic E-state index is -0.753. The molecule has 1 amide bonds. The number of hydrogen-bond acceptors (Lipinski definition) is 6. The molecule has 1 heterocycles. The number of carbonyl (C=O) groups excluding carboxylic acids is 1. The van der Waals surface area contributed by atoms with Crippen LogP contribution in [0.1, 0.15) is 44.6 Å². The number of rotatable bonds is 12. The summed E-state index contributed by atoms with van der Waals surface area (Å²) in [6.07, 6.45) is 9.63. The van der Waals surface area contributed by atoms with E-state index in [9.17, 15) is 9.59 Å².